The van der Waals surface area contributed by atoms with Gasteiger partial charge in [-0.05, 0) is 61.4 Å². The van der Waals surface area contributed by atoms with Gasteiger partial charge >= 0.3 is 6.03 Å². The third-order valence-electron chi connectivity index (χ3n) is 7.00. The Labute approximate surface area is 221 Å². The highest BCUT2D eigenvalue weighted by Gasteiger charge is 2.36. The fourth-order valence-electron chi connectivity index (χ4n) is 5.30. The van der Waals surface area contributed by atoms with Crippen molar-refractivity contribution in [1.29, 1.82) is 0 Å². The molecule has 190 valence electrons. The normalized spacial score (nSPS) is 14.5. The zero-order chi connectivity index (χ0) is 26.2. The molecule has 6 nitrogen and oxygen atoms in total. The van der Waals surface area contributed by atoms with Crippen molar-refractivity contribution in [3.05, 3.63) is 131 Å². The largest absolute Gasteiger partial charge is 0.322 e. The zero-order valence-electron chi connectivity index (χ0n) is 21.3. The lowest BCUT2D eigenvalue weighted by molar-refractivity contribution is 0.194. The van der Waals surface area contributed by atoms with Gasteiger partial charge in [-0.25, -0.2) is 13.9 Å². The first kappa shape index (κ1) is 23.7. The molecule has 6 rings (SSSR count). The van der Waals surface area contributed by atoms with E-state index < -0.39 is 5.82 Å². The third kappa shape index (κ3) is 4.16. The average molecular weight is 506 g/mol. The number of carbonyl (C=O) groups excluding carboxylic acids is 1. The van der Waals surface area contributed by atoms with Gasteiger partial charge in [-0.2, -0.15) is 5.10 Å². The van der Waals surface area contributed by atoms with Gasteiger partial charge < -0.3 is 14.8 Å². The van der Waals surface area contributed by atoms with Crippen molar-refractivity contribution in [2.24, 2.45) is 0 Å². The van der Waals surface area contributed by atoms with Crippen LogP contribution in [-0.4, -0.2) is 25.3 Å². The van der Waals surface area contributed by atoms with Crippen LogP contribution < -0.4 is 5.32 Å². The van der Waals surface area contributed by atoms with Gasteiger partial charge in [0, 0.05) is 17.4 Å². The first-order valence-electron chi connectivity index (χ1n) is 12.8. The Hall–Kier alpha value is -4.65. The Balaban J connectivity index is 1.56. The number of halogens is 1. The Bertz CT molecular complexity index is 1620. The Morgan fingerprint density at radius 2 is 1.82 bits per heavy atom. The van der Waals surface area contributed by atoms with E-state index >= 15 is 0 Å². The molecule has 7 heteroatoms. The highest BCUT2D eigenvalue weighted by atomic mass is 19.1. The standard InChI is InChI=1S/C31H28FN5O/c1-3-27-26-20-36(31(38)33-24-13-8-12-23(32)19-24)29(22-11-7-10-21(2)18-22)28-16-9-17-35(28)30(26)37(34-27)25-14-5-4-6-15-25/h4-19,29H,3,20H2,1-2H3,(H,33,38)/t29-/m0/s1. The molecule has 0 radical (unpaired) electrons. The van der Waals surface area contributed by atoms with Crippen molar-refractivity contribution in [3.63, 3.8) is 0 Å². The second-order valence-corrected chi connectivity index (χ2v) is 9.54. The molecule has 1 atom stereocenters. The summed E-state index contributed by atoms with van der Waals surface area (Å²) in [5.41, 5.74) is 6.33. The molecule has 0 aliphatic carbocycles. The zero-order valence-corrected chi connectivity index (χ0v) is 21.3. The van der Waals surface area contributed by atoms with Crippen LogP contribution in [0.2, 0.25) is 0 Å². The molecule has 0 unspecified atom stereocenters. The summed E-state index contributed by atoms with van der Waals surface area (Å²) in [5, 5.41) is 7.92. The summed E-state index contributed by atoms with van der Waals surface area (Å²) in [5.74, 6) is 0.522. The van der Waals surface area contributed by atoms with Crippen LogP contribution in [0.25, 0.3) is 11.5 Å². The number of urea groups is 1. The Morgan fingerprint density at radius 3 is 2.58 bits per heavy atom. The molecule has 0 bridgehead atoms. The number of fused-ring (bicyclic) bond motifs is 3. The van der Waals surface area contributed by atoms with E-state index in [1.54, 1.807) is 12.1 Å². The third-order valence-corrected chi connectivity index (χ3v) is 7.00. The Morgan fingerprint density at radius 1 is 1.00 bits per heavy atom. The van der Waals surface area contributed by atoms with Gasteiger partial charge in [0.15, 0.2) is 0 Å². The number of anilines is 1. The molecular formula is C31H28FN5O. The lowest BCUT2D eigenvalue weighted by atomic mass is 10.00. The SMILES string of the molecule is CCc1nn(-c2ccccc2)c2c1CN(C(=O)Nc1cccc(F)c1)[C@@H](c1cccc(C)c1)c1cccn1-2. The van der Waals surface area contributed by atoms with Crippen LogP contribution >= 0.6 is 0 Å². The molecule has 3 heterocycles. The van der Waals surface area contributed by atoms with E-state index in [4.69, 9.17) is 5.10 Å². The van der Waals surface area contributed by atoms with Gasteiger partial charge in [0.2, 0.25) is 0 Å². The molecule has 0 spiro atoms. The van der Waals surface area contributed by atoms with Gasteiger partial charge in [0.1, 0.15) is 11.6 Å². The minimum atomic E-state index is -0.400. The molecule has 38 heavy (non-hydrogen) atoms. The molecule has 0 saturated heterocycles. The first-order chi connectivity index (χ1) is 18.5. The smallest absolute Gasteiger partial charge is 0.308 e. The van der Waals surface area contributed by atoms with Crippen molar-refractivity contribution >= 4 is 11.7 Å². The van der Waals surface area contributed by atoms with E-state index in [-0.39, 0.29) is 12.1 Å². The minimum absolute atomic E-state index is 0.308. The minimum Gasteiger partial charge on any atom is -0.308 e. The molecule has 2 amide bonds. The number of amides is 2. The molecule has 1 aliphatic rings. The number of para-hydroxylation sites is 1. The molecule has 1 N–H and O–H groups in total. The topological polar surface area (TPSA) is 55.1 Å². The highest BCUT2D eigenvalue weighted by molar-refractivity contribution is 5.90. The molecule has 5 aromatic rings. The van der Waals surface area contributed by atoms with Crippen LogP contribution in [0.3, 0.4) is 0 Å². The number of hydrogen-bond donors (Lipinski definition) is 1. The van der Waals surface area contributed by atoms with Crippen molar-refractivity contribution in [1.82, 2.24) is 19.2 Å². The second-order valence-electron chi connectivity index (χ2n) is 9.54. The number of aryl methyl sites for hydroxylation is 2. The lowest BCUT2D eigenvalue weighted by Gasteiger charge is -2.31. The maximum absolute atomic E-state index is 14.0. The number of benzene rings is 3. The second kappa shape index (κ2) is 9.67. The average Bonchev–Trinajstić information content (AvgIpc) is 3.50. The number of aromatic nitrogens is 3. The predicted octanol–water partition coefficient (Wildman–Crippen LogP) is 6.81. The van der Waals surface area contributed by atoms with Crippen LogP contribution in [0.5, 0.6) is 0 Å². The summed E-state index contributed by atoms with van der Waals surface area (Å²) in [6.45, 7) is 4.47. The van der Waals surface area contributed by atoms with Crippen LogP contribution in [0.15, 0.2) is 97.2 Å². The number of carbonyl (C=O) groups is 1. The van der Waals surface area contributed by atoms with Gasteiger partial charge in [-0.3, -0.25) is 0 Å². The lowest BCUT2D eigenvalue weighted by Crippen LogP contribution is -2.38. The molecule has 2 aromatic heterocycles. The van der Waals surface area contributed by atoms with E-state index in [2.05, 4.69) is 35.0 Å². The first-order valence-corrected chi connectivity index (χ1v) is 12.8. The van der Waals surface area contributed by atoms with Crippen LogP contribution in [0, 0.1) is 12.7 Å². The molecule has 1 aliphatic heterocycles. The summed E-state index contributed by atoms with van der Waals surface area (Å²) in [7, 11) is 0. The summed E-state index contributed by atoms with van der Waals surface area (Å²) < 4.78 is 18.1. The fourth-order valence-corrected chi connectivity index (χ4v) is 5.30. The van der Waals surface area contributed by atoms with Crippen LogP contribution in [0.1, 0.15) is 41.0 Å². The van der Waals surface area contributed by atoms with E-state index in [0.29, 0.717) is 18.7 Å². The number of nitrogens with one attached hydrogen (secondary N) is 1. The molecule has 3 aromatic carbocycles. The van der Waals surface area contributed by atoms with Gasteiger partial charge in [0.25, 0.3) is 0 Å². The molecular weight excluding hydrogens is 477 g/mol. The summed E-state index contributed by atoms with van der Waals surface area (Å²) in [4.78, 5) is 15.8. The van der Waals surface area contributed by atoms with E-state index in [1.807, 2.05) is 71.2 Å². The summed E-state index contributed by atoms with van der Waals surface area (Å²) in [6.07, 6.45) is 2.75. The van der Waals surface area contributed by atoms with Crippen molar-refractivity contribution in [2.45, 2.75) is 32.9 Å². The van der Waals surface area contributed by atoms with E-state index in [0.717, 1.165) is 39.6 Å². The number of rotatable bonds is 4. The van der Waals surface area contributed by atoms with Crippen molar-refractivity contribution in [2.75, 3.05) is 5.32 Å². The van der Waals surface area contributed by atoms with Crippen molar-refractivity contribution < 1.29 is 9.18 Å². The van der Waals surface area contributed by atoms with Gasteiger partial charge in [0.05, 0.1) is 29.7 Å². The monoisotopic (exact) mass is 505 g/mol. The van der Waals surface area contributed by atoms with Gasteiger partial charge in [-0.15, -0.1) is 0 Å². The maximum Gasteiger partial charge on any atom is 0.322 e. The van der Waals surface area contributed by atoms with Crippen LogP contribution in [0.4, 0.5) is 14.9 Å². The maximum atomic E-state index is 14.0. The molecule has 0 saturated carbocycles. The summed E-state index contributed by atoms with van der Waals surface area (Å²) in [6, 6.07) is 27.6. The van der Waals surface area contributed by atoms with Crippen molar-refractivity contribution in [3.8, 4) is 11.5 Å². The predicted molar refractivity (Wildman–Crippen MR) is 146 cm³/mol. The molecule has 0 fully saturated rings. The van der Waals surface area contributed by atoms with Crippen LogP contribution in [-0.2, 0) is 13.0 Å². The van der Waals surface area contributed by atoms with E-state index in [9.17, 15) is 9.18 Å². The van der Waals surface area contributed by atoms with E-state index in [1.165, 1.54) is 12.1 Å². The summed E-state index contributed by atoms with van der Waals surface area (Å²) >= 11 is 0. The quantitative estimate of drug-likeness (QED) is 0.292. The number of hydrogen-bond acceptors (Lipinski definition) is 2. The van der Waals surface area contributed by atoms with Gasteiger partial charge in [-0.1, -0.05) is 61.0 Å². The Kier molecular flexibility index (Phi) is 6.04. The number of nitrogens with zero attached hydrogens (tertiary/aromatic N) is 4. The fraction of sp³-hybridized carbons (Fsp3) is 0.161. The highest BCUT2D eigenvalue weighted by Crippen LogP contribution is 2.39.